The molecule has 0 saturated carbocycles. The summed E-state index contributed by atoms with van der Waals surface area (Å²) in [6.45, 7) is 11.6. The maximum absolute atomic E-state index is 11.7. The van der Waals surface area contributed by atoms with E-state index in [1.54, 1.807) is 0 Å². The maximum Gasteiger partial charge on any atom is 0.331 e. The molecule has 0 radical (unpaired) electrons. The minimum atomic E-state index is -1.24. The number of allylic oxidation sites excluding steroid dienone is 5. The van der Waals surface area contributed by atoms with Gasteiger partial charge in [0.1, 0.15) is 5.25 Å². The standard InChI is InChI=1S/C23H35NO5S/c1-16(2)8-6-9-17(3)10-7-11-18(4)12-13-30-20(23(28)29)15-24-21(25)14-19(5)22(26)27/h8,10,12,20H,5-7,9,11,13-15H2,1-4H3,(H,24,25)(H,26,27)(H,28,29)/b17-10+,18-12+/t20-/m1/s1. The molecule has 168 valence electrons. The van der Waals surface area contributed by atoms with Crippen LogP contribution in [-0.4, -0.2) is 45.6 Å². The van der Waals surface area contributed by atoms with Crippen LogP contribution in [0.2, 0.25) is 0 Å². The van der Waals surface area contributed by atoms with E-state index in [1.165, 1.54) is 28.5 Å². The van der Waals surface area contributed by atoms with Gasteiger partial charge in [-0.1, -0.05) is 41.5 Å². The molecule has 0 saturated heterocycles. The fourth-order valence-corrected chi connectivity index (χ4v) is 3.36. The molecular weight excluding hydrogens is 402 g/mol. The summed E-state index contributed by atoms with van der Waals surface area (Å²) < 4.78 is 0. The molecule has 3 N–H and O–H groups in total. The van der Waals surface area contributed by atoms with Gasteiger partial charge in [-0.25, -0.2) is 4.79 Å². The van der Waals surface area contributed by atoms with E-state index in [0.717, 1.165) is 25.7 Å². The Morgan fingerprint density at radius 3 is 2.07 bits per heavy atom. The van der Waals surface area contributed by atoms with Gasteiger partial charge in [-0.05, 0) is 53.4 Å². The molecule has 0 heterocycles. The SMILES string of the molecule is C=C(CC(=O)NC[C@@H](SC/C=C(\C)CC/C=C(\C)CCC=C(C)C)C(=O)O)C(=O)O. The summed E-state index contributed by atoms with van der Waals surface area (Å²) >= 11 is 1.23. The van der Waals surface area contributed by atoms with Crippen LogP contribution in [0.4, 0.5) is 0 Å². The molecule has 30 heavy (non-hydrogen) atoms. The second-order valence-electron chi connectivity index (χ2n) is 7.51. The Hall–Kier alpha value is -2.28. The van der Waals surface area contributed by atoms with Crippen molar-refractivity contribution in [2.45, 2.75) is 65.0 Å². The first kappa shape index (κ1) is 27.7. The Kier molecular flexibility index (Phi) is 14.4. The highest BCUT2D eigenvalue weighted by molar-refractivity contribution is 8.00. The number of amides is 1. The third-order valence-electron chi connectivity index (χ3n) is 4.29. The predicted molar refractivity (Wildman–Crippen MR) is 124 cm³/mol. The lowest BCUT2D eigenvalue weighted by Gasteiger charge is -2.12. The quantitative estimate of drug-likeness (QED) is 0.253. The van der Waals surface area contributed by atoms with E-state index >= 15 is 0 Å². The number of nitrogens with one attached hydrogen (secondary N) is 1. The van der Waals surface area contributed by atoms with Crippen LogP contribution in [0.1, 0.15) is 59.8 Å². The van der Waals surface area contributed by atoms with Crippen LogP contribution < -0.4 is 5.32 Å². The molecule has 0 aliphatic carbocycles. The number of aliphatic carboxylic acids is 2. The van der Waals surface area contributed by atoms with Crippen molar-refractivity contribution in [3.8, 4) is 0 Å². The summed E-state index contributed by atoms with van der Waals surface area (Å²) in [5, 5.41) is 19.7. The van der Waals surface area contributed by atoms with Crippen LogP contribution in [0.3, 0.4) is 0 Å². The highest BCUT2D eigenvalue weighted by Gasteiger charge is 2.19. The van der Waals surface area contributed by atoms with Gasteiger partial charge in [0.15, 0.2) is 0 Å². The fraction of sp³-hybridized carbons (Fsp3) is 0.522. The summed E-state index contributed by atoms with van der Waals surface area (Å²) in [6.07, 6.45) is 10.2. The van der Waals surface area contributed by atoms with Gasteiger partial charge in [0.2, 0.25) is 5.91 Å². The summed E-state index contributed by atoms with van der Waals surface area (Å²) in [5.41, 5.74) is 3.68. The minimum absolute atomic E-state index is 0.0633. The Labute approximate surface area is 184 Å². The molecule has 0 unspecified atom stereocenters. The van der Waals surface area contributed by atoms with Gasteiger partial charge in [-0.3, -0.25) is 9.59 Å². The lowest BCUT2D eigenvalue weighted by molar-refractivity contribution is -0.137. The summed E-state index contributed by atoms with van der Waals surface area (Å²) in [4.78, 5) is 33.7. The monoisotopic (exact) mass is 437 g/mol. The van der Waals surface area contributed by atoms with Crippen molar-refractivity contribution in [3.63, 3.8) is 0 Å². The third kappa shape index (κ3) is 14.7. The highest BCUT2D eigenvalue weighted by Crippen LogP contribution is 2.15. The molecule has 6 nitrogen and oxygen atoms in total. The molecule has 7 heteroatoms. The highest BCUT2D eigenvalue weighted by atomic mass is 32.2. The largest absolute Gasteiger partial charge is 0.480 e. The Morgan fingerprint density at radius 1 is 0.967 bits per heavy atom. The minimum Gasteiger partial charge on any atom is -0.480 e. The number of carboxylic acid groups (broad SMARTS) is 2. The molecule has 1 atom stereocenters. The molecule has 0 bridgehead atoms. The van der Waals surface area contributed by atoms with E-state index in [2.05, 4.69) is 44.8 Å². The van der Waals surface area contributed by atoms with Crippen LogP contribution >= 0.6 is 11.8 Å². The van der Waals surface area contributed by atoms with Crippen LogP contribution in [0, 0.1) is 0 Å². The number of carboxylic acids is 2. The van der Waals surface area contributed by atoms with E-state index in [-0.39, 0.29) is 18.5 Å². The van der Waals surface area contributed by atoms with E-state index in [9.17, 15) is 19.5 Å². The van der Waals surface area contributed by atoms with Gasteiger partial charge < -0.3 is 15.5 Å². The molecule has 0 aliphatic heterocycles. The van der Waals surface area contributed by atoms with Crippen molar-refractivity contribution in [2.75, 3.05) is 12.3 Å². The predicted octanol–water partition coefficient (Wildman–Crippen LogP) is 4.74. The molecule has 0 spiro atoms. The van der Waals surface area contributed by atoms with E-state index < -0.39 is 23.1 Å². The van der Waals surface area contributed by atoms with Gasteiger partial charge in [0, 0.05) is 17.9 Å². The van der Waals surface area contributed by atoms with Crippen molar-refractivity contribution in [1.29, 1.82) is 0 Å². The van der Waals surface area contributed by atoms with Crippen molar-refractivity contribution in [1.82, 2.24) is 5.32 Å². The van der Waals surface area contributed by atoms with E-state index in [4.69, 9.17) is 5.11 Å². The Bertz CT molecular complexity index is 702. The molecule has 0 aliphatic rings. The number of carbonyl (C=O) groups is 3. The smallest absolute Gasteiger partial charge is 0.331 e. The Morgan fingerprint density at radius 2 is 1.53 bits per heavy atom. The molecule has 0 rings (SSSR count). The number of thioether (sulfide) groups is 1. The van der Waals surface area contributed by atoms with Crippen molar-refractivity contribution in [2.24, 2.45) is 0 Å². The zero-order valence-corrected chi connectivity index (χ0v) is 19.3. The molecule has 1 amide bonds. The van der Waals surface area contributed by atoms with Gasteiger partial charge in [0.05, 0.1) is 6.42 Å². The topological polar surface area (TPSA) is 104 Å². The van der Waals surface area contributed by atoms with Crippen LogP contribution in [-0.2, 0) is 14.4 Å². The van der Waals surface area contributed by atoms with E-state index in [1.807, 2.05) is 13.0 Å². The van der Waals surface area contributed by atoms with Gasteiger partial charge >= 0.3 is 11.9 Å². The average molecular weight is 438 g/mol. The van der Waals surface area contributed by atoms with Crippen LogP contribution in [0.15, 0.2) is 47.1 Å². The van der Waals surface area contributed by atoms with Crippen molar-refractivity contribution in [3.05, 3.63) is 47.1 Å². The number of rotatable bonds is 15. The molecular formula is C23H35NO5S. The summed E-state index contributed by atoms with van der Waals surface area (Å²) in [7, 11) is 0. The maximum atomic E-state index is 11.7. The van der Waals surface area contributed by atoms with Crippen LogP contribution in [0.5, 0.6) is 0 Å². The zero-order chi connectivity index (χ0) is 23.1. The first-order chi connectivity index (χ1) is 14.0. The summed E-state index contributed by atoms with van der Waals surface area (Å²) in [6, 6.07) is 0. The lowest BCUT2D eigenvalue weighted by Crippen LogP contribution is -2.35. The molecule has 0 aromatic rings. The zero-order valence-electron chi connectivity index (χ0n) is 18.5. The molecule has 0 fully saturated rings. The van der Waals surface area contributed by atoms with Gasteiger partial charge in [-0.2, -0.15) is 0 Å². The summed E-state index contributed by atoms with van der Waals surface area (Å²) in [5.74, 6) is -2.28. The number of carbonyl (C=O) groups excluding carboxylic acids is 1. The average Bonchev–Trinajstić information content (AvgIpc) is 2.63. The lowest BCUT2D eigenvalue weighted by atomic mass is 10.1. The first-order valence-electron chi connectivity index (χ1n) is 9.99. The second kappa shape index (κ2) is 15.5. The number of hydrogen-bond acceptors (Lipinski definition) is 4. The first-order valence-corrected chi connectivity index (χ1v) is 11.0. The van der Waals surface area contributed by atoms with Crippen molar-refractivity contribution >= 4 is 29.6 Å². The second-order valence-corrected chi connectivity index (χ2v) is 8.75. The van der Waals surface area contributed by atoms with E-state index in [0.29, 0.717) is 5.75 Å². The van der Waals surface area contributed by atoms with Crippen molar-refractivity contribution < 1.29 is 24.6 Å². The molecule has 0 aromatic heterocycles. The molecule has 0 aromatic carbocycles. The van der Waals surface area contributed by atoms with Gasteiger partial charge in [-0.15, -0.1) is 11.8 Å². The normalized spacial score (nSPS) is 12.8. The van der Waals surface area contributed by atoms with Gasteiger partial charge in [0.25, 0.3) is 0 Å². The fourth-order valence-electron chi connectivity index (χ4n) is 2.40. The van der Waals surface area contributed by atoms with Crippen LogP contribution in [0.25, 0.3) is 0 Å². The third-order valence-corrected chi connectivity index (χ3v) is 5.42. The Balaban J connectivity index is 4.34. The number of hydrogen-bond donors (Lipinski definition) is 3.